The number of rotatable bonds is 2. The van der Waals surface area contributed by atoms with Gasteiger partial charge in [0, 0.05) is 12.4 Å². The van der Waals surface area contributed by atoms with E-state index in [2.05, 4.69) is 0 Å². The molecular weight excluding hydrogens is 212 g/mol. The van der Waals surface area contributed by atoms with Crippen LogP contribution in [0.15, 0.2) is 48.9 Å². The minimum Gasteiger partial charge on any atom is -0.257 e. The molecule has 2 aliphatic heterocycles. The Morgan fingerprint density at radius 2 is 1.27 bits per heavy atom. The summed E-state index contributed by atoms with van der Waals surface area (Å²) in [6.07, 6.45) is 13.8. The van der Waals surface area contributed by atoms with Gasteiger partial charge in [0.2, 0.25) is 0 Å². The molecule has 0 N–H and O–H groups in total. The highest BCUT2D eigenvalue weighted by Gasteiger charge is 2.24. The van der Waals surface area contributed by atoms with Crippen LogP contribution in [-0.2, 0) is 10.2 Å². The van der Waals surface area contributed by atoms with E-state index in [1.165, 1.54) is 8.61 Å². The van der Waals surface area contributed by atoms with Crippen LogP contribution in [0, 0.1) is 0 Å². The highest BCUT2D eigenvalue weighted by molar-refractivity contribution is 7.87. The molecule has 4 nitrogen and oxygen atoms in total. The van der Waals surface area contributed by atoms with Crippen LogP contribution in [0.25, 0.3) is 0 Å². The Balaban J connectivity index is 2.19. The summed E-state index contributed by atoms with van der Waals surface area (Å²) in [4.78, 5) is 0. The normalized spacial score (nSPS) is 20.0. The molecule has 0 aliphatic carbocycles. The maximum absolute atomic E-state index is 12.0. The van der Waals surface area contributed by atoms with Crippen LogP contribution >= 0.6 is 0 Å². The molecule has 0 spiro atoms. The van der Waals surface area contributed by atoms with E-state index in [-0.39, 0.29) is 0 Å². The first-order chi connectivity index (χ1) is 7.21. The molecule has 0 saturated carbocycles. The van der Waals surface area contributed by atoms with Crippen molar-refractivity contribution in [2.75, 3.05) is 13.1 Å². The number of hydrogen-bond donors (Lipinski definition) is 0. The molecule has 0 radical (unpaired) electrons. The largest absolute Gasteiger partial charge is 0.325 e. The van der Waals surface area contributed by atoms with Gasteiger partial charge in [-0.2, -0.15) is 8.42 Å². The summed E-state index contributed by atoms with van der Waals surface area (Å²) in [6, 6.07) is 0. The molecule has 0 aromatic carbocycles. The highest BCUT2D eigenvalue weighted by Crippen LogP contribution is 2.14. The Hall–Kier alpha value is -1.49. The lowest BCUT2D eigenvalue weighted by molar-refractivity contribution is 0.453. The number of allylic oxidation sites excluding steroid dienone is 4. The smallest absolute Gasteiger partial charge is 0.257 e. The molecule has 15 heavy (non-hydrogen) atoms. The zero-order valence-corrected chi connectivity index (χ0v) is 8.97. The minimum atomic E-state index is -3.39. The molecule has 5 heteroatoms. The fraction of sp³-hybridized carbons (Fsp3) is 0.200. The quantitative estimate of drug-likeness (QED) is 0.702. The molecule has 0 aromatic rings. The molecule has 0 bridgehead atoms. The van der Waals surface area contributed by atoms with E-state index >= 15 is 0 Å². The molecule has 2 rings (SSSR count). The molecule has 0 fully saturated rings. The summed E-state index contributed by atoms with van der Waals surface area (Å²) < 4.78 is 26.7. The Morgan fingerprint density at radius 3 is 1.60 bits per heavy atom. The van der Waals surface area contributed by atoms with Crippen molar-refractivity contribution in [2.45, 2.75) is 0 Å². The van der Waals surface area contributed by atoms with Crippen molar-refractivity contribution in [3.8, 4) is 0 Å². The summed E-state index contributed by atoms with van der Waals surface area (Å²) in [6.45, 7) is 0.791. The third-order valence-corrected chi connectivity index (χ3v) is 3.89. The number of hydrogen-bond acceptors (Lipinski definition) is 2. The van der Waals surface area contributed by atoms with Crippen molar-refractivity contribution in [1.82, 2.24) is 8.61 Å². The second-order valence-electron chi connectivity index (χ2n) is 3.19. The SMILES string of the molecule is O=S(=O)(N1C=CC=CC1)N1C=CC=CC1. The molecule has 0 amide bonds. The second-order valence-corrected chi connectivity index (χ2v) is 5.02. The Kier molecular flexibility index (Phi) is 2.64. The van der Waals surface area contributed by atoms with Gasteiger partial charge in [0.15, 0.2) is 0 Å². The lowest BCUT2D eigenvalue weighted by Crippen LogP contribution is -2.39. The standard InChI is InChI=1S/C10H12N2O2S/c13-15(14,11-7-3-1-4-8-11)12-9-5-2-6-10-12/h1-7,9H,8,10H2. The van der Waals surface area contributed by atoms with E-state index in [1.807, 2.05) is 12.2 Å². The van der Waals surface area contributed by atoms with Gasteiger partial charge in [-0.15, -0.1) is 0 Å². The summed E-state index contributed by atoms with van der Waals surface area (Å²) in [5, 5.41) is 0. The maximum atomic E-state index is 12.0. The average molecular weight is 224 g/mol. The van der Waals surface area contributed by atoms with E-state index in [1.54, 1.807) is 36.7 Å². The molecule has 0 aromatic heterocycles. The van der Waals surface area contributed by atoms with Crippen molar-refractivity contribution < 1.29 is 8.42 Å². The van der Waals surface area contributed by atoms with Crippen LogP contribution in [0.4, 0.5) is 0 Å². The molecule has 2 aliphatic rings. The zero-order valence-electron chi connectivity index (χ0n) is 8.15. The van der Waals surface area contributed by atoms with Crippen LogP contribution < -0.4 is 0 Å². The van der Waals surface area contributed by atoms with Crippen LogP contribution in [-0.4, -0.2) is 30.1 Å². The summed E-state index contributed by atoms with van der Waals surface area (Å²) in [5.41, 5.74) is 0. The summed E-state index contributed by atoms with van der Waals surface area (Å²) >= 11 is 0. The van der Waals surface area contributed by atoms with Crippen molar-refractivity contribution in [1.29, 1.82) is 0 Å². The van der Waals surface area contributed by atoms with Gasteiger partial charge >= 0.3 is 10.2 Å². The first kappa shape index (κ1) is 10.0. The third kappa shape index (κ3) is 1.97. The fourth-order valence-corrected chi connectivity index (χ4v) is 2.64. The molecule has 0 atom stereocenters. The van der Waals surface area contributed by atoms with Gasteiger partial charge < -0.3 is 0 Å². The zero-order chi connectivity index (χ0) is 10.7. The van der Waals surface area contributed by atoms with Crippen molar-refractivity contribution >= 4 is 10.2 Å². The van der Waals surface area contributed by atoms with E-state index in [0.717, 1.165) is 0 Å². The van der Waals surface area contributed by atoms with Gasteiger partial charge in [-0.3, -0.25) is 8.61 Å². The Labute approximate surface area is 89.7 Å². The molecule has 0 unspecified atom stereocenters. The van der Waals surface area contributed by atoms with E-state index in [0.29, 0.717) is 13.1 Å². The van der Waals surface area contributed by atoms with Crippen LogP contribution in [0.2, 0.25) is 0 Å². The van der Waals surface area contributed by atoms with Gasteiger partial charge in [-0.25, -0.2) is 0 Å². The summed E-state index contributed by atoms with van der Waals surface area (Å²) in [5.74, 6) is 0. The first-order valence-corrected chi connectivity index (χ1v) is 6.06. The van der Waals surface area contributed by atoms with Gasteiger partial charge in [0.25, 0.3) is 0 Å². The third-order valence-electron chi connectivity index (χ3n) is 2.16. The van der Waals surface area contributed by atoms with Gasteiger partial charge in [-0.1, -0.05) is 24.3 Å². The molecular formula is C10H12N2O2S. The Morgan fingerprint density at radius 1 is 0.800 bits per heavy atom. The molecule has 2 heterocycles. The van der Waals surface area contributed by atoms with Crippen molar-refractivity contribution in [3.05, 3.63) is 48.9 Å². The van der Waals surface area contributed by atoms with E-state index < -0.39 is 10.2 Å². The summed E-state index contributed by atoms with van der Waals surface area (Å²) in [7, 11) is -3.39. The van der Waals surface area contributed by atoms with E-state index in [4.69, 9.17) is 0 Å². The lowest BCUT2D eigenvalue weighted by Gasteiger charge is -2.28. The van der Waals surface area contributed by atoms with Crippen molar-refractivity contribution in [3.63, 3.8) is 0 Å². The molecule has 0 saturated heterocycles. The number of nitrogens with zero attached hydrogens (tertiary/aromatic N) is 2. The van der Waals surface area contributed by atoms with Gasteiger partial charge in [-0.05, 0) is 12.2 Å². The minimum absolute atomic E-state index is 0.396. The van der Waals surface area contributed by atoms with Gasteiger partial charge in [0.05, 0.1) is 13.1 Å². The molecule has 80 valence electrons. The first-order valence-electron chi connectivity index (χ1n) is 4.66. The van der Waals surface area contributed by atoms with Crippen LogP contribution in [0.3, 0.4) is 0 Å². The van der Waals surface area contributed by atoms with Crippen LogP contribution in [0.5, 0.6) is 0 Å². The van der Waals surface area contributed by atoms with Crippen LogP contribution in [0.1, 0.15) is 0 Å². The second kappa shape index (κ2) is 3.94. The predicted octanol–water partition coefficient (Wildman–Crippen LogP) is 1.00. The monoisotopic (exact) mass is 224 g/mol. The lowest BCUT2D eigenvalue weighted by atomic mass is 10.4. The Bertz CT molecular complexity index is 410. The van der Waals surface area contributed by atoms with Gasteiger partial charge in [0.1, 0.15) is 0 Å². The topological polar surface area (TPSA) is 40.6 Å². The fourth-order valence-electron chi connectivity index (χ4n) is 1.38. The average Bonchev–Trinajstić information content (AvgIpc) is 2.31. The van der Waals surface area contributed by atoms with Crippen molar-refractivity contribution in [2.24, 2.45) is 0 Å². The van der Waals surface area contributed by atoms with E-state index in [9.17, 15) is 8.42 Å². The highest BCUT2D eigenvalue weighted by atomic mass is 32.2. The predicted molar refractivity (Wildman–Crippen MR) is 58.9 cm³/mol. The maximum Gasteiger partial charge on any atom is 0.325 e.